The molecule has 0 saturated carbocycles. The summed E-state index contributed by atoms with van der Waals surface area (Å²) in [6.07, 6.45) is 0.451. The minimum Gasteiger partial charge on any atom is -0.494 e. The second-order valence-electron chi connectivity index (χ2n) is 5.72. The van der Waals surface area contributed by atoms with Crippen LogP contribution in [0.5, 0.6) is 5.75 Å². The van der Waals surface area contributed by atoms with Gasteiger partial charge < -0.3 is 9.84 Å². The van der Waals surface area contributed by atoms with Gasteiger partial charge in [0.15, 0.2) is 11.6 Å². The highest BCUT2D eigenvalue weighted by Crippen LogP contribution is 2.21. The van der Waals surface area contributed by atoms with Gasteiger partial charge in [0.1, 0.15) is 0 Å². The molecule has 1 aromatic carbocycles. The number of hydrogen-bond acceptors (Lipinski definition) is 4. The van der Waals surface area contributed by atoms with Crippen molar-refractivity contribution in [2.24, 2.45) is 5.92 Å². The lowest BCUT2D eigenvalue weighted by atomic mass is 9.95. The fourth-order valence-corrected chi connectivity index (χ4v) is 3.27. The molecule has 0 aromatic heterocycles. The molecule has 0 radical (unpaired) electrons. The number of aliphatic hydroxyl groups is 1. The Hall–Kier alpha value is -1.18. The van der Waals surface area contributed by atoms with Gasteiger partial charge in [0.05, 0.1) is 17.6 Å². The van der Waals surface area contributed by atoms with Crippen molar-refractivity contribution in [2.45, 2.75) is 37.7 Å². The average molecular weight is 319 g/mol. The maximum Gasteiger partial charge on any atom is 0.240 e. The van der Waals surface area contributed by atoms with Crippen LogP contribution in [-0.4, -0.2) is 32.8 Å². The molecule has 1 atom stereocenters. The monoisotopic (exact) mass is 319 g/mol. The van der Waals surface area contributed by atoms with Gasteiger partial charge in [-0.2, -0.15) is 0 Å². The van der Waals surface area contributed by atoms with E-state index in [0.29, 0.717) is 6.42 Å². The third-order valence-electron chi connectivity index (χ3n) is 2.92. The maximum atomic E-state index is 13.6. The van der Waals surface area contributed by atoms with Gasteiger partial charge in [-0.05, 0) is 37.5 Å². The van der Waals surface area contributed by atoms with E-state index in [1.807, 2.05) is 13.8 Å². The van der Waals surface area contributed by atoms with Crippen molar-refractivity contribution in [3.63, 3.8) is 0 Å². The van der Waals surface area contributed by atoms with Gasteiger partial charge in [0, 0.05) is 6.54 Å². The van der Waals surface area contributed by atoms with Crippen molar-refractivity contribution in [1.29, 1.82) is 0 Å². The zero-order chi connectivity index (χ0) is 16.3. The van der Waals surface area contributed by atoms with Crippen LogP contribution in [0.3, 0.4) is 0 Å². The quantitative estimate of drug-likeness (QED) is 0.805. The van der Waals surface area contributed by atoms with Crippen LogP contribution in [0.15, 0.2) is 23.1 Å². The van der Waals surface area contributed by atoms with E-state index in [1.54, 1.807) is 6.92 Å². The first-order chi connectivity index (χ1) is 9.57. The lowest BCUT2D eigenvalue weighted by Crippen LogP contribution is -2.41. The fourth-order valence-electron chi connectivity index (χ4n) is 2.10. The molecule has 1 unspecified atom stereocenters. The fraction of sp³-hybridized carbons (Fsp3) is 0.571. The van der Waals surface area contributed by atoms with E-state index in [-0.39, 0.29) is 23.1 Å². The lowest BCUT2D eigenvalue weighted by Gasteiger charge is -2.25. The van der Waals surface area contributed by atoms with Crippen molar-refractivity contribution in [1.82, 2.24) is 4.72 Å². The van der Waals surface area contributed by atoms with E-state index in [4.69, 9.17) is 4.74 Å². The van der Waals surface area contributed by atoms with Crippen molar-refractivity contribution in [3.05, 3.63) is 24.0 Å². The second-order valence-corrected chi connectivity index (χ2v) is 7.48. The molecule has 1 aromatic rings. The van der Waals surface area contributed by atoms with Gasteiger partial charge in [0.25, 0.3) is 0 Å². The molecule has 2 N–H and O–H groups in total. The SMILES string of the molecule is COc1ccc(S(=O)(=O)NCC(C)(O)CC(C)C)cc1F. The van der Waals surface area contributed by atoms with Crippen molar-refractivity contribution in [2.75, 3.05) is 13.7 Å². The Morgan fingerprint density at radius 1 is 1.43 bits per heavy atom. The molecule has 5 nitrogen and oxygen atoms in total. The highest BCUT2D eigenvalue weighted by Gasteiger charge is 2.25. The number of benzene rings is 1. The van der Waals surface area contributed by atoms with Gasteiger partial charge in [-0.1, -0.05) is 13.8 Å². The third-order valence-corrected chi connectivity index (χ3v) is 4.32. The van der Waals surface area contributed by atoms with Crippen LogP contribution in [0.4, 0.5) is 4.39 Å². The first-order valence-electron chi connectivity index (χ1n) is 6.63. The van der Waals surface area contributed by atoms with E-state index in [1.165, 1.54) is 19.2 Å². The first kappa shape index (κ1) is 17.9. The molecule has 0 aliphatic carbocycles. The third kappa shape index (κ3) is 5.26. The summed E-state index contributed by atoms with van der Waals surface area (Å²) in [5.74, 6) is -0.557. The summed E-state index contributed by atoms with van der Waals surface area (Å²) in [6.45, 7) is 5.29. The van der Waals surface area contributed by atoms with Crippen LogP contribution in [-0.2, 0) is 10.0 Å². The Bertz CT molecular complexity index is 585. The van der Waals surface area contributed by atoms with Crippen LogP contribution in [0.2, 0.25) is 0 Å². The van der Waals surface area contributed by atoms with Crippen LogP contribution < -0.4 is 9.46 Å². The lowest BCUT2D eigenvalue weighted by molar-refractivity contribution is 0.0437. The largest absolute Gasteiger partial charge is 0.494 e. The van der Waals surface area contributed by atoms with Crippen molar-refractivity contribution < 1.29 is 22.7 Å². The van der Waals surface area contributed by atoms with Crippen LogP contribution in [0.25, 0.3) is 0 Å². The van der Waals surface area contributed by atoms with Crippen LogP contribution in [0, 0.1) is 11.7 Å². The zero-order valence-corrected chi connectivity index (χ0v) is 13.5. The van der Waals surface area contributed by atoms with Gasteiger partial charge >= 0.3 is 0 Å². The summed E-state index contributed by atoms with van der Waals surface area (Å²) in [7, 11) is -2.58. The molecule has 120 valence electrons. The number of halogens is 1. The number of ether oxygens (including phenoxy) is 1. The standard InChI is InChI=1S/C14H22FNO4S/c1-10(2)8-14(3,17)9-16-21(18,19)11-5-6-13(20-4)12(15)7-11/h5-7,10,16-17H,8-9H2,1-4H3. The Morgan fingerprint density at radius 2 is 2.05 bits per heavy atom. The molecule has 0 spiro atoms. The van der Waals surface area contributed by atoms with Gasteiger partial charge in [-0.3, -0.25) is 0 Å². The molecular formula is C14H22FNO4S. The van der Waals surface area contributed by atoms with Gasteiger partial charge in [0.2, 0.25) is 10.0 Å². The first-order valence-corrected chi connectivity index (χ1v) is 8.11. The smallest absolute Gasteiger partial charge is 0.240 e. The van der Waals surface area contributed by atoms with E-state index < -0.39 is 21.4 Å². The molecule has 1 rings (SSSR count). The normalized spacial score (nSPS) is 15.0. The topological polar surface area (TPSA) is 75.6 Å². The van der Waals surface area contributed by atoms with Crippen molar-refractivity contribution in [3.8, 4) is 5.75 Å². The molecule has 0 bridgehead atoms. The van der Waals surface area contributed by atoms with E-state index >= 15 is 0 Å². The predicted octanol–water partition coefficient (Wildman–Crippen LogP) is 1.91. The Balaban J connectivity index is 2.85. The van der Waals surface area contributed by atoms with Crippen LogP contribution in [0.1, 0.15) is 27.2 Å². The zero-order valence-electron chi connectivity index (χ0n) is 12.7. The minimum atomic E-state index is -3.88. The maximum absolute atomic E-state index is 13.6. The molecule has 0 amide bonds. The Labute approximate surface area is 125 Å². The summed E-state index contributed by atoms with van der Waals surface area (Å²) in [5, 5.41) is 10.1. The highest BCUT2D eigenvalue weighted by atomic mass is 32.2. The molecule has 0 aliphatic heterocycles. The number of sulfonamides is 1. The molecule has 0 aliphatic rings. The molecule has 0 heterocycles. The minimum absolute atomic E-state index is 0.0271. The van der Waals surface area contributed by atoms with Gasteiger partial charge in [-0.25, -0.2) is 17.5 Å². The summed E-state index contributed by atoms with van der Waals surface area (Å²) < 4.78 is 44.8. The van der Waals surface area contributed by atoms with E-state index in [2.05, 4.69) is 4.72 Å². The number of hydrogen-bond donors (Lipinski definition) is 2. The van der Waals surface area contributed by atoms with E-state index in [9.17, 15) is 17.9 Å². The molecule has 0 saturated heterocycles. The van der Waals surface area contributed by atoms with Gasteiger partial charge in [-0.15, -0.1) is 0 Å². The molecule has 21 heavy (non-hydrogen) atoms. The second kappa shape index (κ2) is 6.72. The Kier molecular flexibility index (Phi) is 5.72. The summed E-state index contributed by atoms with van der Waals surface area (Å²) in [4.78, 5) is -0.207. The van der Waals surface area contributed by atoms with Crippen molar-refractivity contribution >= 4 is 10.0 Å². The number of rotatable bonds is 7. The summed E-state index contributed by atoms with van der Waals surface area (Å²) in [5.41, 5.74) is -1.16. The predicted molar refractivity (Wildman–Crippen MR) is 78.2 cm³/mol. The average Bonchev–Trinajstić information content (AvgIpc) is 2.35. The molecule has 7 heteroatoms. The number of methoxy groups -OCH3 is 1. The summed E-state index contributed by atoms with van der Waals surface area (Å²) >= 11 is 0. The van der Waals surface area contributed by atoms with Crippen LogP contribution >= 0.6 is 0 Å². The summed E-state index contributed by atoms with van der Waals surface area (Å²) in [6, 6.07) is 3.38. The molecular weight excluding hydrogens is 297 g/mol. The highest BCUT2D eigenvalue weighted by molar-refractivity contribution is 7.89. The number of nitrogens with one attached hydrogen (secondary N) is 1. The molecule has 0 fully saturated rings. The Morgan fingerprint density at radius 3 is 2.52 bits per heavy atom. The van der Waals surface area contributed by atoms with E-state index in [0.717, 1.165) is 6.07 Å².